The maximum Gasteiger partial charge on any atom is 0.282 e. The van der Waals surface area contributed by atoms with E-state index in [-0.39, 0.29) is 11.9 Å². The summed E-state index contributed by atoms with van der Waals surface area (Å²) in [7, 11) is 0. The Kier molecular flexibility index (Phi) is 6.13. The molecule has 0 aliphatic heterocycles. The molecule has 1 aliphatic carbocycles. The van der Waals surface area contributed by atoms with Crippen LogP contribution in [0.3, 0.4) is 0 Å². The second-order valence-electron chi connectivity index (χ2n) is 6.53. The number of hydrogen-bond acceptors (Lipinski definition) is 1. The van der Waals surface area contributed by atoms with E-state index in [9.17, 15) is 4.79 Å². The first kappa shape index (κ1) is 17.6. The van der Waals surface area contributed by atoms with Gasteiger partial charge in [0.1, 0.15) is 0 Å². The van der Waals surface area contributed by atoms with Gasteiger partial charge in [-0.05, 0) is 50.3 Å². The smallest absolute Gasteiger partial charge is 0.282 e. The Labute approximate surface area is 142 Å². The maximum atomic E-state index is 12.4. The van der Waals surface area contributed by atoms with Gasteiger partial charge >= 0.3 is 0 Å². The quantitative estimate of drug-likeness (QED) is 0.859. The lowest BCUT2D eigenvalue weighted by atomic mass is 9.78. The zero-order chi connectivity index (χ0) is 16.3. The Morgan fingerprint density at radius 2 is 2.05 bits per heavy atom. The fourth-order valence-electron chi connectivity index (χ4n) is 3.19. The average Bonchev–Trinajstić information content (AvgIpc) is 2.47. The molecule has 122 valence electrons. The Morgan fingerprint density at radius 1 is 1.32 bits per heavy atom. The highest BCUT2D eigenvalue weighted by Crippen LogP contribution is 2.28. The largest absolute Gasteiger partial charge is 0.334 e. The number of carbonyl (C=O) groups is 1. The number of rotatable bonds is 4. The molecule has 0 unspecified atom stereocenters. The number of hydrogen-bond donors (Lipinski definition) is 2. The summed E-state index contributed by atoms with van der Waals surface area (Å²) in [4.78, 5) is 12.4. The van der Waals surface area contributed by atoms with E-state index in [4.69, 9.17) is 23.2 Å². The number of anilines is 1. The predicted molar refractivity (Wildman–Crippen MR) is 92.4 cm³/mol. The van der Waals surface area contributed by atoms with Crippen molar-refractivity contribution in [2.24, 2.45) is 11.8 Å². The Bertz CT molecular complexity index is 535. The predicted octanol–water partition coefficient (Wildman–Crippen LogP) is 3.71. The highest BCUT2D eigenvalue weighted by atomic mass is 35.5. The van der Waals surface area contributed by atoms with Crippen molar-refractivity contribution in [1.29, 1.82) is 0 Å². The highest BCUT2D eigenvalue weighted by Gasteiger charge is 2.32. The molecule has 3 nitrogen and oxygen atoms in total. The Balaban J connectivity index is 1.96. The molecule has 0 aromatic heterocycles. The van der Waals surface area contributed by atoms with Crippen LogP contribution in [0.25, 0.3) is 0 Å². The first-order valence-electron chi connectivity index (χ1n) is 7.99. The number of amides is 1. The van der Waals surface area contributed by atoms with Crippen molar-refractivity contribution in [1.82, 2.24) is 0 Å². The molecule has 1 aromatic carbocycles. The maximum absolute atomic E-state index is 12.4. The second-order valence-corrected chi connectivity index (χ2v) is 7.37. The van der Waals surface area contributed by atoms with Crippen LogP contribution in [-0.4, -0.2) is 18.0 Å². The van der Waals surface area contributed by atoms with Crippen LogP contribution < -0.4 is 10.6 Å². The number of benzene rings is 1. The summed E-state index contributed by atoms with van der Waals surface area (Å²) in [6, 6.07) is 5.45. The highest BCUT2D eigenvalue weighted by molar-refractivity contribution is 6.35. The van der Waals surface area contributed by atoms with Crippen LogP contribution in [0.15, 0.2) is 18.2 Å². The zero-order valence-electron chi connectivity index (χ0n) is 13.4. The summed E-state index contributed by atoms with van der Waals surface area (Å²) < 4.78 is 0. The van der Waals surface area contributed by atoms with Gasteiger partial charge in [0.15, 0.2) is 6.04 Å². The van der Waals surface area contributed by atoms with Crippen LogP contribution in [0.4, 0.5) is 5.69 Å². The van der Waals surface area contributed by atoms with Gasteiger partial charge in [0, 0.05) is 10.9 Å². The minimum absolute atomic E-state index is 0.0328. The van der Waals surface area contributed by atoms with Crippen LogP contribution in [0, 0.1) is 11.8 Å². The lowest BCUT2D eigenvalue weighted by Crippen LogP contribution is -2.97. The average molecular weight is 344 g/mol. The first-order chi connectivity index (χ1) is 10.4. The molecule has 1 fully saturated rings. The molecule has 4 atom stereocenters. The van der Waals surface area contributed by atoms with Crippen molar-refractivity contribution in [3.63, 3.8) is 0 Å². The third kappa shape index (κ3) is 4.37. The fourth-order valence-corrected chi connectivity index (χ4v) is 3.53. The molecule has 0 saturated heterocycles. The van der Waals surface area contributed by atoms with Gasteiger partial charge in [-0.2, -0.15) is 0 Å². The number of carbonyl (C=O) groups excluding carboxylic acids is 1. The van der Waals surface area contributed by atoms with Crippen molar-refractivity contribution in [2.45, 2.75) is 52.1 Å². The van der Waals surface area contributed by atoms with Crippen LogP contribution >= 0.6 is 23.2 Å². The standard InChI is InChI=1S/C17H24Cl2N2O/c1-10-5-4-6-15(11(10)2)20-12(3)17(22)21-16-9-13(18)7-8-14(16)19/h7-12,15,20H,4-6H2,1-3H3,(H,21,22)/p+1/t10-,11-,12+,15-/m1/s1. The molecular weight excluding hydrogens is 319 g/mol. The van der Waals surface area contributed by atoms with Crippen LogP contribution in [0.5, 0.6) is 0 Å². The molecule has 1 saturated carbocycles. The van der Waals surface area contributed by atoms with Crippen LogP contribution in [-0.2, 0) is 4.79 Å². The van der Waals surface area contributed by atoms with Gasteiger partial charge < -0.3 is 10.6 Å². The Morgan fingerprint density at radius 3 is 2.77 bits per heavy atom. The number of nitrogens with two attached hydrogens (primary N) is 1. The summed E-state index contributed by atoms with van der Waals surface area (Å²) >= 11 is 12.0. The second kappa shape index (κ2) is 7.67. The van der Waals surface area contributed by atoms with E-state index < -0.39 is 0 Å². The molecule has 2 rings (SSSR count). The SMILES string of the molecule is C[C@@H]1[C@H](C)CCC[C@H]1[NH2+][C@@H](C)C(=O)Nc1cc(Cl)ccc1Cl. The minimum Gasteiger partial charge on any atom is -0.334 e. The Hall–Kier alpha value is -0.770. The molecule has 22 heavy (non-hydrogen) atoms. The molecule has 1 aliphatic rings. The minimum atomic E-state index is -0.146. The lowest BCUT2D eigenvalue weighted by Gasteiger charge is -2.33. The van der Waals surface area contributed by atoms with E-state index in [1.54, 1.807) is 18.2 Å². The molecule has 0 heterocycles. The van der Waals surface area contributed by atoms with Gasteiger partial charge in [0.05, 0.1) is 16.8 Å². The molecular formula is C17H25Cl2N2O+. The third-order valence-corrected chi connectivity index (χ3v) is 5.47. The summed E-state index contributed by atoms with van der Waals surface area (Å²) in [5.74, 6) is 1.33. The van der Waals surface area contributed by atoms with Crippen molar-refractivity contribution < 1.29 is 10.1 Å². The van der Waals surface area contributed by atoms with Gasteiger partial charge in [-0.25, -0.2) is 0 Å². The van der Waals surface area contributed by atoms with E-state index in [1.807, 2.05) is 6.92 Å². The molecule has 1 aromatic rings. The summed E-state index contributed by atoms with van der Waals surface area (Å²) in [6.45, 7) is 6.55. The van der Waals surface area contributed by atoms with E-state index in [0.29, 0.717) is 27.7 Å². The van der Waals surface area contributed by atoms with Crippen molar-refractivity contribution in [2.75, 3.05) is 5.32 Å². The topological polar surface area (TPSA) is 45.7 Å². The van der Waals surface area contributed by atoms with E-state index in [0.717, 1.165) is 5.92 Å². The van der Waals surface area contributed by atoms with Crippen LogP contribution in [0.2, 0.25) is 10.0 Å². The molecule has 5 heteroatoms. The van der Waals surface area contributed by atoms with Gasteiger partial charge in [0.25, 0.3) is 5.91 Å². The van der Waals surface area contributed by atoms with Crippen molar-refractivity contribution in [3.8, 4) is 0 Å². The summed E-state index contributed by atoms with van der Waals surface area (Å²) in [5.41, 5.74) is 0.574. The fraction of sp³-hybridized carbons (Fsp3) is 0.588. The van der Waals surface area contributed by atoms with Crippen LogP contribution in [0.1, 0.15) is 40.0 Å². The van der Waals surface area contributed by atoms with E-state index >= 15 is 0 Å². The normalized spacial score (nSPS) is 26.5. The van der Waals surface area contributed by atoms with Gasteiger partial charge in [-0.1, -0.05) is 37.0 Å². The monoisotopic (exact) mass is 343 g/mol. The van der Waals surface area contributed by atoms with Gasteiger partial charge in [0.2, 0.25) is 0 Å². The van der Waals surface area contributed by atoms with E-state index in [2.05, 4.69) is 24.5 Å². The van der Waals surface area contributed by atoms with Gasteiger partial charge in [-0.3, -0.25) is 4.79 Å². The third-order valence-electron chi connectivity index (χ3n) is 4.91. The summed E-state index contributed by atoms with van der Waals surface area (Å²) in [6.07, 6.45) is 3.73. The number of halogens is 2. The number of quaternary nitrogens is 1. The first-order valence-corrected chi connectivity index (χ1v) is 8.75. The van der Waals surface area contributed by atoms with Gasteiger partial charge in [-0.15, -0.1) is 0 Å². The van der Waals surface area contributed by atoms with Crippen molar-refractivity contribution in [3.05, 3.63) is 28.2 Å². The molecule has 0 radical (unpaired) electrons. The molecule has 0 spiro atoms. The lowest BCUT2D eigenvalue weighted by molar-refractivity contribution is -0.715. The molecule has 0 bridgehead atoms. The van der Waals surface area contributed by atoms with Crippen molar-refractivity contribution >= 4 is 34.8 Å². The number of nitrogens with one attached hydrogen (secondary N) is 1. The van der Waals surface area contributed by atoms with E-state index in [1.165, 1.54) is 19.3 Å². The molecule has 3 N–H and O–H groups in total. The molecule has 1 amide bonds. The summed E-state index contributed by atoms with van der Waals surface area (Å²) in [5, 5.41) is 6.15. The zero-order valence-corrected chi connectivity index (χ0v) is 14.9.